The normalized spacial score (nSPS) is 10.7. The van der Waals surface area contributed by atoms with Crippen LogP contribution in [-0.4, -0.2) is 26.1 Å². The second kappa shape index (κ2) is 6.52. The summed E-state index contributed by atoms with van der Waals surface area (Å²) in [5.41, 5.74) is 2.72. The standard InChI is InChI=1S/C14H16ClN3O2/c1-10-6-7-13(12(15)8-10)18-9-11(16-17-18)4-2-3-5-14(19)20/h6-9H,2-5H2,1H3,(H,19,20). The molecule has 2 aromatic rings. The Balaban J connectivity index is 1.99. The minimum Gasteiger partial charge on any atom is -0.481 e. The number of carbonyl (C=O) groups is 1. The van der Waals surface area contributed by atoms with E-state index in [1.54, 1.807) is 4.68 Å². The summed E-state index contributed by atoms with van der Waals surface area (Å²) < 4.78 is 1.65. The zero-order chi connectivity index (χ0) is 14.5. The van der Waals surface area contributed by atoms with E-state index in [2.05, 4.69) is 10.3 Å². The molecule has 5 nitrogen and oxygen atoms in total. The van der Waals surface area contributed by atoms with E-state index in [-0.39, 0.29) is 6.42 Å². The minimum absolute atomic E-state index is 0.192. The summed E-state index contributed by atoms with van der Waals surface area (Å²) in [6, 6.07) is 5.75. The number of aromatic nitrogens is 3. The highest BCUT2D eigenvalue weighted by Gasteiger charge is 2.07. The molecule has 1 aromatic heterocycles. The number of unbranched alkanes of at least 4 members (excludes halogenated alkanes) is 1. The van der Waals surface area contributed by atoms with Crippen molar-refractivity contribution in [3.63, 3.8) is 0 Å². The van der Waals surface area contributed by atoms with Gasteiger partial charge in [-0.15, -0.1) is 5.10 Å². The van der Waals surface area contributed by atoms with Crippen LogP contribution in [0.15, 0.2) is 24.4 Å². The fourth-order valence-corrected chi connectivity index (χ4v) is 2.23. The van der Waals surface area contributed by atoms with Crippen molar-refractivity contribution in [1.82, 2.24) is 15.0 Å². The van der Waals surface area contributed by atoms with Crippen LogP contribution in [0.2, 0.25) is 5.02 Å². The molecule has 6 heteroatoms. The number of rotatable bonds is 6. The number of halogens is 1. The zero-order valence-electron chi connectivity index (χ0n) is 11.2. The highest BCUT2D eigenvalue weighted by Crippen LogP contribution is 2.21. The lowest BCUT2D eigenvalue weighted by Crippen LogP contribution is -1.96. The molecular weight excluding hydrogens is 278 g/mol. The molecule has 1 N–H and O–H groups in total. The van der Waals surface area contributed by atoms with Gasteiger partial charge in [-0.05, 0) is 43.9 Å². The van der Waals surface area contributed by atoms with Crippen LogP contribution in [0.25, 0.3) is 5.69 Å². The SMILES string of the molecule is Cc1ccc(-n2cc(CCCCC(=O)O)nn2)c(Cl)c1. The summed E-state index contributed by atoms with van der Waals surface area (Å²) in [6.07, 6.45) is 4.17. The average Bonchev–Trinajstić information content (AvgIpc) is 2.83. The van der Waals surface area contributed by atoms with E-state index in [1.807, 2.05) is 31.3 Å². The van der Waals surface area contributed by atoms with Gasteiger partial charge >= 0.3 is 5.97 Å². The van der Waals surface area contributed by atoms with Crippen molar-refractivity contribution in [2.24, 2.45) is 0 Å². The third kappa shape index (κ3) is 3.81. The Hall–Kier alpha value is -1.88. The molecule has 1 heterocycles. The number of carboxylic acid groups (broad SMARTS) is 1. The van der Waals surface area contributed by atoms with Gasteiger partial charge in [-0.25, -0.2) is 4.68 Å². The summed E-state index contributed by atoms with van der Waals surface area (Å²) in [5, 5.41) is 17.3. The van der Waals surface area contributed by atoms with E-state index >= 15 is 0 Å². The van der Waals surface area contributed by atoms with Gasteiger partial charge < -0.3 is 5.11 Å². The summed E-state index contributed by atoms with van der Waals surface area (Å²) in [4.78, 5) is 10.4. The Bertz CT molecular complexity index is 610. The first kappa shape index (κ1) is 14.5. The summed E-state index contributed by atoms with van der Waals surface area (Å²) in [7, 11) is 0. The topological polar surface area (TPSA) is 68.0 Å². The predicted molar refractivity (Wildman–Crippen MR) is 76.3 cm³/mol. The summed E-state index contributed by atoms with van der Waals surface area (Å²) in [5.74, 6) is -0.764. The second-order valence-corrected chi connectivity index (χ2v) is 5.12. The van der Waals surface area contributed by atoms with E-state index < -0.39 is 5.97 Å². The van der Waals surface area contributed by atoms with Gasteiger partial charge in [0.2, 0.25) is 0 Å². The maximum Gasteiger partial charge on any atom is 0.303 e. The number of hydrogen-bond acceptors (Lipinski definition) is 3. The quantitative estimate of drug-likeness (QED) is 0.831. The molecule has 0 atom stereocenters. The lowest BCUT2D eigenvalue weighted by Gasteiger charge is -2.03. The van der Waals surface area contributed by atoms with Crippen LogP contribution >= 0.6 is 11.6 Å². The molecule has 0 fully saturated rings. The number of carboxylic acids is 1. The van der Waals surface area contributed by atoms with Gasteiger partial charge in [-0.3, -0.25) is 4.79 Å². The summed E-state index contributed by atoms with van der Waals surface area (Å²) in [6.45, 7) is 1.98. The Morgan fingerprint density at radius 2 is 2.20 bits per heavy atom. The third-order valence-corrected chi connectivity index (χ3v) is 3.27. The van der Waals surface area contributed by atoms with E-state index in [9.17, 15) is 4.79 Å². The molecule has 0 saturated heterocycles. The molecular formula is C14H16ClN3O2. The van der Waals surface area contributed by atoms with Gasteiger partial charge in [0.1, 0.15) is 0 Å². The molecule has 2 rings (SSSR count). The summed E-state index contributed by atoms with van der Waals surface area (Å²) >= 11 is 6.18. The molecule has 20 heavy (non-hydrogen) atoms. The average molecular weight is 294 g/mol. The maximum atomic E-state index is 10.4. The Morgan fingerprint density at radius 3 is 2.90 bits per heavy atom. The van der Waals surface area contributed by atoms with E-state index in [4.69, 9.17) is 16.7 Å². The van der Waals surface area contributed by atoms with Gasteiger partial charge in [-0.1, -0.05) is 22.9 Å². The molecule has 0 aliphatic rings. The Labute approximate surface area is 122 Å². The van der Waals surface area contributed by atoms with Crippen LogP contribution < -0.4 is 0 Å². The van der Waals surface area contributed by atoms with Crippen LogP contribution in [0, 0.1) is 6.92 Å². The highest BCUT2D eigenvalue weighted by atomic mass is 35.5. The van der Waals surface area contributed by atoms with Crippen molar-refractivity contribution < 1.29 is 9.90 Å². The maximum absolute atomic E-state index is 10.4. The van der Waals surface area contributed by atoms with Crippen LogP contribution in [0.5, 0.6) is 0 Å². The van der Waals surface area contributed by atoms with Crippen molar-refractivity contribution >= 4 is 17.6 Å². The van der Waals surface area contributed by atoms with Gasteiger partial charge in [0.05, 0.1) is 22.6 Å². The fraction of sp³-hybridized carbons (Fsp3) is 0.357. The molecule has 1 aromatic carbocycles. The highest BCUT2D eigenvalue weighted by molar-refractivity contribution is 6.32. The van der Waals surface area contributed by atoms with Gasteiger partial charge in [0.15, 0.2) is 0 Å². The van der Waals surface area contributed by atoms with Crippen LogP contribution in [0.4, 0.5) is 0 Å². The molecule has 106 valence electrons. The van der Waals surface area contributed by atoms with Crippen molar-refractivity contribution in [3.8, 4) is 5.69 Å². The smallest absolute Gasteiger partial charge is 0.303 e. The predicted octanol–water partition coefficient (Wildman–Crippen LogP) is 3.03. The van der Waals surface area contributed by atoms with E-state index in [0.717, 1.165) is 29.8 Å². The van der Waals surface area contributed by atoms with Crippen molar-refractivity contribution in [2.75, 3.05) is 0 Å². The monoisotopic (exact) mass is 293 g/mol. The molecule has 0 aliphatic carbocycles. The van der Waals surface area contributed by atoms with E-state index in [0.29, 0.717) is 11.4 Å². The van der Waals surface area contributed by atoms with Crippen molar-refractivity contribution in [3.05, 3.63) is 40.7 Å². The van der Waals surface area contributed by atoms with Crippen LogP contribution in [-0.2, 0) is 11.2 Å². The Morgan fingerprint density at radius 1 is 1.40 bits per heavy atom. The van der Waals surface area contributed by atoms with Crippen molar-refractivity contribution in [2.45, 2.75) is 32.6 Å². The van der Waals surface area contributed by atoms with Crippen LogP contribution in [0.1, 0.15) is 30.5 Å². The van der Waals surface area contributed by atoms with E-state index in [1.165, 1.54) is 0 Å². The lowest BCUT2D eigenvalue weighted by molar-refractivity contribution is -0.137. The molecule has 0 aliphatic heterocycles. The number of aliphatic carboxylic acids is 1. The number of aryl methyl sites for hydroxylation is 2. The number of benzene rings is 1. The van der Waals surface area contributed by atoms with Gasteiger partial charge in [0.25, 0.3) is 0 Å². The van der Waals surface area contributed by atoms with Gasteiger partial charge in [-0.2, -0.15) is 0 Å². The largest absolute Gasteiger partial charge is 0.481 e. The first-order chi connectivity index (χ1) is 9.56. The van der Waals surface area contributed by atoms with Crippen LogP contribution in [0.3, 0.4) is 0 Å². The minimum atomic E-state index is -0.764. The molecule has 0 unspecified atom stereocenters. The number of hydrogen-bond donors (Lipinski definition) is 1. The van der Waals surface area contributed by atoms with Crippen molar-refractivity contribution in [1.29, 1.82) is 0 Å². The lowest BCUT2D eigenvalue weighted by atomic mass is 10.1. The molecule has 0 saturated carbocycles. The number of nitrogens with zero attached hydrogens (tertiary/aromatic N) is 3. The fourth-order valence-electron chi connectivity index (χ4n) is 1.91. The first-order valence-corrected chi connectivity index (χ1v) is 6.83. The Kier molecular flexibility index (Phi) is 4.74. The third-order valence-electron chi connectivity index (χ3n) is 2.96. The first-order valence-electron chi connectivity index (χ1n) is 6.46. The zero-order valence-corrected chi connectivity index (χ0v) is 12.0. The molecule has 0 amide bonds. The molecule has 0 radical (unpaired) electrons. The molecule has 0 bridgehead atoms. The second-order valence-electron chi connectivity index (χ2n) is 4.71. The molecule has 0 spiro atoms. The van der Waals surface area contributed by atoms with Gasteiger partial charge in [0, 0.05) is 6.42 Å².